The fourth-order valence-corrected chi connectivity index (χ4v) is 1.04. The number of halogens is 1. The van der Waals surface area contributed by atoms with E-state index in [9.17, 15) is 10.1 Å². The van der Waals surface area contributed by atoms with Crippen LogP contribution < -0.4 is 0 Å². The number of aliphatic hydroxyl groups is 1. The van der Waals surface area contributed by atoms with Crippen LogP contribution in [0.3, 0.4) is 0 Å². The summed E-state index contributed by atoms with van der Waals surface area (Å²) in [6.45, 7) is -0.378. The molecule has 0 bridgehead atoms. The second kappa shape index (κ2) is 3.59. The van der Waals surface area contributed by atoms with Gasteiger partial charge in [-0.2, -0.15) is 0 Å². The van der Waals surface area contributed by atoms with E-state index in [4.69, 9.17) is 5.11 Å². The zero-order valence-electron chi connectivity index (χ0n) is 5.90. The van der Waals surface area contributed by atoms with Crippen molar-refractivity contribution in [3.8, 4) is 0 Å². The number of rotatable bonds is 2. The van der Waals surface area contributed by atoms with Gasteiger partial charge in [0.25, 0.3) is 0 Å². The van der Waals surface area contributed by atoms with E-state index in [1.54, 1.807) is 6.07 Å². The topological polar surface area (TPSA) is 76.3 Å². The normalized spacial score (nSPS) is 9.83. The molecule has 0 radical (unpaired) electrons. The Hall–Kier alpha value is -1.01. The Morgan fingerprint density at radius 1 is 1.67 bits per heavy atom. The van der Waals surface area contributed by atoms with E-state index in [0.29, 0.717) is 4.60 Å². The Labute approximate surface area is 76.3 Å². The van der Waals surface area contributed by atoms with E-state index in [1.807, 2.05) is 0 Å². The van der Waals surface area contributed by atoms with E-state index in [1.165, 1.54) is 6.07 Å². The average molecular weight is 233 g/mol. The minimum absolute atomic E-state index is 0.211. The highest BCUT2D eigenvalue weighted by Gasteiger charge is 2.14. The number of hydrogen-bond acceptors (Lipinski definition) is 4. The van der Waals surface area contributed by atoms with E-state index >= 15 is 0 Å². The molecule has 1 heterocycles. The first-order valence-electron chi connectivity index (χ1n) is 3.06. The Morgan fingerprint density at radius 2 is 2.33 bits per heavy atom. The molecule has 64 valence electrons. The van der Waals surface area contributed by atoms with E-state index in [2.05, 4.69) is 20.9 Å². The third-order valence-electron chi connectivity index (χ3n) is 1.27. The lowest BCUT2D eigenvalue weighted by molar-refractivity contribution is -0.390. The SMILES string of the molecule is O=[N+]([O-])c1nc(Br)ccc1CO. The Kier molecular flexibility index (Phi) is 2.72. The molecular formula is C6H5BrN2O3. The molecule has 1 aromatic heterocycles. The highest BCUT2D eigenvalue weighted by molar-refractivity contribution is 9.10. The first-order valence-corrected chi connectivity index (χ1v) is 3.85. The zero-order valence-corrected chi connectivity index (χ0v) is 7.48. The molecule has 0 atom stereocenters. The smallest absolute Gasteiger partial charge is 0.370 e. The predicted octanol–water partition coefficient (Wildman–Crippen LogP) is 1.24. The fourth-order valence-electron chi connectivity index (χ4n) is 0.736. The zero-order chi connectivity index (χ0) is 9.14. The van der Waals surface area contributed by atoms with Gasteiger partial charge in [0.1, 0.15) is 0 Å². The standard InChI is InChI=1S/C6H5BrN2O3/c7-5-2-1-4(3-10)6(8-5)9(11)12/h1-2,10H,3H2. The van der Waals surface area contributed by atoms with Gasteiger partial charge in [-0.05, 0) is 22.0 Å². The number of aliphatic hydroxyl groups excluding tert-OH is 1. The van der Waals surface area contributed by atoms with Crippen LogP contribution in [0.25, 0.3) is 0 Å². The average Bonchev–Trinajstić information content (AvgIpc) is 2.04. The van der Waals surface area contributed by atoms with Crippen molar-refractivity contribution in [2.45, 2.75) is 6.61 Å². The van der Waals surface area contributed by atoms with Crippen molar-refractivity contribution in [1.29, 1.82) is 0 Å². The molecule has 0 spiro atoms. The predicted molar refractivity (Wildman–Crippen MR) is 44.5 cm³/mol. The number of hydrogen-bond donors (Lipinski definition) is 1. The molecule has 12 heavy (non-hydrogen) atoms. The lowest BCUT2D eigenvalue weighted by Gasteiger charge is -1.97. The lowest BCUT2D eigenvalue weighted by Crippen LogP contribution is -1.98. The largest absolute Gasteiger partial charge is 0.391 e. The van der Waals surface area contributed by atoms with E-state index in [-0.39, 0.29) is 18.0 Å². The molecule has 0 aliphatic carbocycles. The van der Waals surface area contributed by atoms with Crippen molar-refractivity contribution in [3.63, 3.8) is 0 Å². The van der Waals surface area contributed by atoms with Crippen LogP contribution in [0.4, 0.5) is 5.82 Å². The van der Waals surface area contributed by atoms with Crippen molar-refractivity contribution in [2.75, 3.05) is 0 Å². The van der Waals surface area contributed by atoms with Crippen molar-refractivity contribution in [3.05, 3.63) is 32.4 Å². The summed E-state index contributed by atoms with van der Waals surface area (Å²) in [5, 5.41) is 19.0. The number of nitro groups is 1. The molecule has 0 aliphatic heterocycles. The summed E-state index contributed by atoms with van der Waals surface area (Å²) < 4.78 is 0.381. The molecule has 1 rings (SSSR count). The van der Waals surface area contributed by atoms with Crippen molar-refractivity contribution >= 4 is 21.7 Å². The number of aromatic nitrogens is 1. The van der Waals surface area contributed by atoms with Crippen LogP contribution in [0, 0.1) is 10.1 Å². The molecule has 1 aromatic rings. The van der Waals surface area contributed by atoms with Crippen LogP contribution in [0.5, 0.6) is 0 Å². The first-order chi connectivity index (χ1) is 5.65. The summed E-state index contributed by atoms with van der Waals surface area (Å²) >= 11 is 3.00. The van der Waals surface area contributed by atoms with Crippen LogP contribution in [-0.2, 0) is 6.61 Å². The van der Waals surface area contributed by atoms with Gasteiger partial charge in [-0.25, -0.2) is 0 Å². The molecule has 6 heteroatoms. The third kappa shape index (κ3) is 1.77. The monoisotopic (exact) mass is 232 g/mol. The first kappa shape index (κ1) is 9.08. The number of pyridine rings is 1. The van der Waals surface area contributed by atoms with Crippen molar-refractivity contribution < 1.29 is 10.0 Å². The van der Waals surface area contributed by atoms with Crippen LogP contribution in [0.1, 0.15) is 5.56 Å². The van der Waals surface area contributed by atoms with Crippen LogP contribution in [0.15, 0.2) is 16.7 Å². The van der Waals surface area contributed by atoms with Gasteiger partial charge in [0.05, 0.1) is 12.2 Å². The summed E-state index contributed by atoms with van der Waals surface area (Å²) in [5.74, 6) is -0.313. The molecule has 0 aromatic carbocycles. The van der Waals surface area contributed by atoms with Crippen LogP contribution >= 0.6 is 15.9 Å². The fraction of sp³-hybridized carbons (Fsp3) is 0.167. The third-order valence-corrected chi connectivity index (χ3v) is 1.71. The van der Waals surface area contributed by atoms with Gasteiger partial charge in [-0.1, -0.05) is 0 Å². The summed E-state index contributed by atoms with van der Waals surface area (Å²) in [4.78, 5) is 13.3. The quantitative estimate of drug-likeness (QED) is 0.473. The maximum absolute atomic E-state index is 10.3. The molecular weight excluding hydrogens is 228 g/mol. The molecule has 0 amide bonds. The van der Waals surface area contributed by atoms with Crippen LogP contribution in [0.2, 0.25) is 0 Å². The Morgan fingerprint density at radius 3 is 2.83 bits per heavy atom. The summed E-state index contributed by atoms with van der Waals surface area (Å²) in [5.41, 5.74) is 0.211. The molecule has 5 nitrogen and oxygen atoms in total. The second-order valence-electron chi connectivity index (χ2n) is 2.03. The van der Waals surface area contributed by atoms with Gasteiger partial charge in [0.15, 0.2) is 0 Å². The Bertz CT molecular complexity index is 316. The number of nitrogens with zero attached hydrogens (tertiary/aromatic N) is 2. The lowest BCUT2D eigenvalue weighted by atomic mass is 10.3. The van der Waals surface area contributed by atoms with Gasteiger partial charge in [0, 0.05) is 15.9 Å². The maximum atomic E-state index is 10.3. The highest BCUT2D eigenvalue weighted by atomic mass is 79.9. The molecule has 0 fully saturated rings. The summed E-state index contributed by atoms with van der Waals surface area (Å²) in [6, 6.07) is 2.99. The molecule has 0 saturated heterocycles. The van der Waals surface area contributed by atoms with E-state index < -0.39 is 4.92 Å². The minimum Gasteiger partial charge on any atom is -0.391 e. The molecule has 0 unspecified atom stereocenters. The minimum atomic E-state index is -0.629. The van der Waals surface area contributed by atoms with Gasteiger partial charge >= 0.3 is 5.82 Å². The van der Waals surface area contributed by atoms with E-state index in [0.717, 1.165) is 0 Å². The van der Waals surface area contributed by atoms with Gasteiger partial charge < -0.3 is 15.2 Å². The molecule has 0 saturated carbocycles. The Balaban J connectivity index is 3.21. The van der Waals surface area contributed by atoms with Gasteiger partial charge in [0.2, 0.25) is 4.60 Å². The summed E-state index contributed by atoms with van der Waals surface area (Å²) in [7, 11) is 0. The van der Waals surface area contributed by atoms with Gasteiger partial charge in [-0.15, -0.1) is 0 Å². The second-order valence-corrected chi connectivity index (χ2v) is 2.84. The summed E-state index contributed by atoms with van der Waals surface area (Å²) in [6.07, 6.45) is 0. The maximum Gasteiger partial charge on any atom is 0.370 e. The van der Waals surface area contributed by atoms with Crippen LogP contribution in [-0.4, -0.2) is 15.0 Å². The van der Waals surface area contributed by atoms with Gasteiger partial charge in [-0.3, -0.25) is 0 Å². The molecule has 1 N–H and O–H groups in total. The van der Waals surface area contributed by atoms with Crippen molar-refractivity contribution in [1.82, 2.24) is 4.98 Å². The van der Waals surface area contributed by atoms with Crippen molar-refractivity contribution in [2.24, 2.45) is 0 Å². The highest BCUT2D eigenvalue weighted by Crippen LogP contribution is 2.18. The molecule has 0 aliphatic rings.